The van der Waals surface area contributed by atoms with Gasteiger partial charge in [0.25, 0.3) is 0 Å². The van der Waals surface area contributed by atoms with Crippen molar-refractivity contribution in [1.82, 2.24) is 10.2 Å². The Balaban J connectivity index is 1.74. The first-order chi connectivity index (χ1) is 10.9. The number of halogens is 3. The van der Waals surface area contributed by atoms with Crippen LogP contribution < -0.4 is 10.6 Å². The molecule has 1 atom stereocenters. The van der Waals surface area contributed by atoms with E-state index >= 15 is 0 Å². The lowest BCUT2D eigenvalue weighted by molar-refractivity contribution is -0.143. The minimum absolute atomic E-state index is 0.161. The standard InChI is InChI=1S/C16H18F3N3S/c1-2-12-4-3-5-14(8-12)21-15(23)20-9-13-6-7-22(10-13)11-16(17,18)19/h1,3-5,8,13H,6-7,9-11H2,(H2,20,21,23). The van der Waals surface area contributed by atoms with Crippen molar-refractivity contribution in [2.24, 2.45) is 5.92 Å². The van der Waals surface area contributed by atoms with Crippen molar-refractivity contribution in [3.05, 3.63) is 29.8 Å². The van der Waals surface area contributed by atoms with Crippen LogP contribution in [0.4, 0.5) is 18.9 Å². The van der Waals surface area contributed by atoms with E-state index in [1.807, 2.05) is 18.2 Å². The van der Waals surface area contributed by atoms with Crippen LogP contribution in [0.3, 0.4) is 0 Å². The molecule has 2 rings (SSSR count). The number of benzene rings is 1. The average Bonchev–Trinajstić information content (AvgIpc) is 2.91. The molecule has 2 N–H and O–H groups in total. The van der Waals surface area contributed by atoms with Gasteiger partial charge >= 0.3 is 6.18 Å². The summed E-state index contributed by atoms with van der Waals surface area (Å²) in [6.45, 7) is 0.609. The van der Waals surface area contributed by atoms with Crippen molar-refractivity contribution in [3.63, 3.8) is 0 Å². The highest BCUT2D eigenvalue weighted by atomic mass is 32.1. The number of thiocarbonyl (C=S) groups is 1. The molecule has 7 heteroatoms. The number of nitrogens with zero attached hydrogens (tertiary/aromatic N) is 1. The Bertz CT molecular complexity index is 595. The lowest BCUT2D eigenvalue weighted by Gasteiger charge is -2.18. The van der Waals surface area contributed by atoms with Gasteiger partial charge in [0.05, 0.1) is 6.54 Å². The number of hydrogen-bond donors (Lipinski definition) is 2. The lowest BCUT2D eigenvalue weighted by Crippen LogP contribution is -2.36. The van der Waals surface area contributed by atoms with Gasteiger partial charge in [0.2, 0.25) is 0 Å². The number of terminal acetylenes is 1. The highest BCUT2D eigenvalue weighted by Gasteiger charge is 2.34. The maximum Gasteiger partial charge on any atom is 0.401 e. The first-order valence-electron chi connectivity index (χ1n) is 7.26. The van der Waals surface area contributed by atoms with Gasteiger partial charge in [0.1, 0.15) is 0 Å². The zero-order valence-corrected chi connectivity index (χ0v) is 13.3. The van der Waals surface area contributed by atoms with Gasteiger partial charge in [-0.05, 0) is 49.3 Å². The van der Waals surface area contributed by atoms with E-state index in [2.05, 4.69) is 16.6 Å². The summed E-state index contributed by atoms with van der Waals surface area (Å²) < 4.78 is 37.1. The van der Waals surface area contributed by atoms with Crippen molar-refractivity contribution >= 4 is 23.0 Å². The molecule has 3 nitrogen and oxygen atoms in total. The van der Waals surface area contributed by atoms with E-state index in [-0.39, 0.29) is 5.92 Å². The second-order valence-corrected chi connectivity index (χ2v) is 5.97. The minimum atomic E-state index is -4.14. The van der Waals surface area contributed by atoms with Gasteiger partial charge in [-0.1, -0.05) is 12.0 Å². The molecule has 0 aliphatic carbocycles. The molecule has 0 bridgehead atoms. The highest BCUT2D eigenvalue weighted by molar-refractivity contribution is 7.80. The van der Waals surface area contributed by atoms with Crippen molar-refractivity contribution in [2.45, 2.75) is 12.6 Å². The van der Waals surface area contributed by atoms with Crippen LogP contribution in [-0.2, 0) is 0 Å². The average molecular weight is 341 g/mol. The molecule has 1 aliphatic rings. The normalized spacial score (nSPS) is 18.4. The summed E-state index contributed by atoms with van der Waals surface area (Å²) in [5.41, 5.74) is 1.53. The fraction of sp³-hybridized carbons (Fsp3) is 0.438. The third-order valence-electron chi connectivity index (χ3n) is 3.61. The van der Waals surface area contributed by atoms with Crippen molar-refractivity contribution < 1.29 is 13.2 Å². The van der Waals surface area contributed by atoms with Gasteiger partial charge in [-0.2, -0.15) is 13.2 Å². The predicted octanol–water partition coefficient (Wildman–Crippen LogP) is 2.84. The van der Waals surface area contributed by atoms with Crippen molar-refractivity contribution in [1.29, 1.82) is 0 Å². The number of alkyl halides is 3. The summed E-state index contributed by atoms with van der Waals surface area (Å²) in [5, 5.41) is 6.51. The monoisotopic (exact) mass is 341 g/mol. The Morgan fingerprint density at radius 1 is 1.43 bits per heavy atom. The number of nitrogens with one attached hydrogen (secondary N) is 2. The maximum absolute atomic E-state index is 12.4. The zero-order valence-electron chi connectivity index (χ0n) is 12.5. The minimum Gasteiger partial charge on any atom is -0.362 e. The molecule has 1 heterocycles. The Kier molecular flexibility index (Phi) is 5.85. The summed E-state index contributed by atoms with van der Waals surface area (Å²) in [6.07, 6.45) is 1.93. The fourth-order valence-corrected chi connectivity index (χ4v) is 2.78. The molecular weight excluding hydrogens is 323 g/mol. The number of rotatable bonds is 4. The third kappa shape index (κ3) is 6.08. The van der Waals surface area contributed by atoms with Crippen LogP contribution in [0.25, 0.3) is 0 Å². The molecule has 0 spiro atoms. The molecule has 1 aromatic carbocycles. The fourth-order valence-electron chi connectivity index (χ4n) is 2.58. The van der Waals surface area contributed by atoms with Gasteiger partial charge in [-0.15, -0.1) is 6.42 Å². The summed E-state index contributed by atoms with van der Waals surface area (Å²) in [7, 11) is 0. The topological polar surface area (TPSA) is 27.3 Å². The van der Waals surface area contributed by atoms with Gasteiger partial charge in [-0.3, -0.25) is 4.90 Å². The van der Waals surface area contributed by atoms with Crippen LogP contribution in [0, 0.1) is 18.3 Å². The Hall–Kier alpha value is -1.78. The summed E-state index contributed by atoms with van der Waals surface area (Å²) >= 11 is 5.20. The van der Waals surface area contributed by atoms with Gasteiger partial charge in [0, 0.05) is 24.3 Å². The van der Waals surface area contributed by atoms with Crippen LogP contribution >= 0.6 is 12.2 Å². The van der Waals surface area contributed by atoms with E-state index in [0.717, 1.165) is 17.7 Å². The molecular formula is C16H18F3N3S. The molecule has 0 amide bonds. The van der Waals surface area contributed by atoms with Crippen molar-refractivity contribution in [2.75, 3.05) is 31.5 Å². The molecule has 0 radical (unpaired) electrons. The van der Waals surface area contributed by atoms with E-state index in [1.165, 1.54) is 4.90 Å². The van der Waals surface area contributed by atoms with E-state index in [9.17, 15) is 13.2 Å². The van der Waals surface area contributed by atoms with Crippen LogP contribution in [0.1, 0.15) is 12.0 Å². The van der Waals surface area contributed by atoms with Crippen molar-refractivity contribution in [3.8, 4) is 12.3 Å². The lowest BCUT2D eigenvalue weighted by atomic mass is 10.1. The Morgan fingerprint density at radius 3 is 2.91 bits per heavy atom. The molecule has 1 aliphatic heterocycles. The SMILES string of the molecule is C#Cc1cccc(NC(=S)NCC2CCN(CC(F)(F)F)C2)c1. The second-order valence-electron chi connectivity index (χ2n) is 5.57. The molecule has 1 aromatic rings. The summed E-state index contributed by atoms with van der Waals surface area (Å²) in [6, 6.07) is 7.28. The van der Waals surface area contributed by atoms with E-state index in [4.69, 9.17) is 18.6 Å². The molecule has 124 valence electrons. The van der Waals surface area contributed by atoms with Crippen LogP contribution in [0.5, 0.6) is 0 Å². The van der Waals surface area contributed by atoms with Gasteiger partial charge in [0.15, 0.2) is 5.11 Å². The third-order valence-corrected chi connectivity index (χ3v) is 3.86. The quantitative estimate of drug-likeness (QED) is 0.651. The Morgan fingerprint density at radius 2 is 2.22 bits per heavy atom. The largest absolute Gasteiger partial charge is 0.401 e. The van der Waals surface area contributed by atoms with E-state index < -0.39 is 12.7 Å². The smallest absolute Gasteiger partial charge is 0.362 e. The van der Waals surface area contributed by atoms with Crippen LogP contribution in [0.2, 0.25) is 0 Å². The molecule has 1 saturated heterocycles. The molecule has 23 heavy (non-hydrogen) atoms. The highest BCUT2D eigenvalue weighted by Crippen LogP contribution is 2.22. The van der Waals surface area contributed by atoms with Gasteiger partial charge < -0.3 is 10.6 Å². The number of anilines is 1. The zero-order chi connectivity index (χ0) is 16.9. The van der Waals surface area contributed by atoms with Gasteiger partial charge in [-0.25, -0.2) is 0 Å². The first kappa shape index (κ1) is 17.6. The van der Waals surface area contributed by atoms with Crippen LogP contribution in [0.15, 0.2) is 24.3 Å². The second kappa shape index (κ2) is 7.66. The molecule has 1 fully saturated rings. The number of likely N-dealkylation sites (tertiary alicyclic amines) is 1. The Labute approximate surface area is 139 Å². The molecule has 0 saturated carbocycles. The van der Waals surface area contributed by atoms with Crippen LogP contribution in [-0.4, -0.2) is 42.4 Å². The summed E-state index contributed by atoms with van der Waals surface area (Å²) in [4.78, 5) is 1.43. The molecule has 0 aromatic heterocycles. The summed E-state index contributed by atoms with van der Waals surface area (Å²) in [5.74, 6) is 2.70. The first-order valence-corrected chi connectivity index (χ1v) is 7.67. The number of hydrogen-bond acceptors (Lipinski definition) is 2. The van der Waals surface area contributed by atoms with E-state index in [1.54, 1.807) is 6.07 Å². The maximum atomic E-state index is 12.4. The predicted molar refractivity (Wildman–Crippen MR) is 89.2 cm³/mol. The van der Waals surface area contributed by atoms with E-state index in [0.29, 0.717) is 24.7 Å². The molecule has 1 unspecified atom stereocenters.